The van der Waals surface area contributed by atoms with E-state index in [1.807, 2.05) is 17.8 Å². The van der Waals surface area contributed by atoms with Gasteiger partial charge in [0.2, 0.25) is 0 Å². The van der Waals surface area contributed by atoms with E-state index in [4.69, 9.17) is 0 Å². The van der Waals surface area contributed by atoms with Gasteiger partial charge in [-0.1, -0.05) is 18.3 Å². The molecule has 2 heterocycles. The molecule has 0 aliphatic carbocycles. The molecule has 0 radical (unpaired) electrons. The fourth-order valence-corrected chi connectivity index (χ4v) is 2.52. The van der Waals surface area contributed by atoms with Gasteiger partial charge in [-0.2, -0.15) is 0 Å². The largest absolute Gasteiger partial charge is 0.335 e. The summed E-state index contributed by atoms with van der Waals surface area (Å²) < 4.78 is 6.15. The maximum absolute atomic E-state index is 4.44. The molecule has 0 spiro atoms. The van der Waals surface area contributed by atoms with Crippen LogP contribution in [0.4, 0.5) is 0 Å². The Bertz CT molecular complexity index is 451. The monoisotopic (exact) mass is 265 g/mol. The number of nitrogens with one attached hydrogen (secondary N) is 1. The van der Waals surface area contributed by atoms with Crippen molar-refractivity contribution in [2.24, 2.45) is 0 Å². The van der Waals surface area contributed by atoms with Crippen LogP contribution in [0.2, 0.25) is 0 Å². The Kier molecular flexibility index (Phi) is 4.83. The molecule has 0 aliphatic rings. The van der Waals surface area contributed by atoms with Gasteiger partial charge in [-0.05, 0) is 24.5 Å². The fraction of sp³-hybridized carbons (Fsp3) is 0.583. The van der Waals surface area contributed by atoms with Crippen LogP contribution in [0.3, 0.4) is 0 Å². The van der Waals surface area contributed by atoms with Crippen molar-refractivity contribution in [2.45, 2.75) is 39.3 Å². The minimum absolute atomic E-state index is 0.201. The van der Waals surface area contributed by atoms with E-state index in [9.17, 15) is 0 Å². The maximum atomic E-state index is 4.44. The third kappa shape index (κ3) is 3.14. The third-order valence-corrected chi connectivity index (χ3v) is 3.36. The number of nitrogens with zero attached hydrogens (tertiary/aromatic N) is 4. The van der Waals surface area contributed by atoms with Crippen LogP contribution in [-0.2, 0) is 13.0 Å². The van der Waals surface area contributed by atoms with Gasteiger partial charge >= 0.3 is 0 Å². The Morgan fingerprint density at radius 2 is 2.33 bits per heavy atom. The first kappa shape index (κ1) is 13.2. The molecule has 1 N–H and O–H groups in total. The second-order valence-electron chi connectivity index (χ2n) is 4.18. The Hall–Kier alpha value is -1.27. The van der Waals surface area contributed by atoms with Gasteiger partial charge in [0.1, 0.15) is 5.82 Å². The Morgan fingerprint density at radius 3 is 3.00 bits per heavy atom. The van der Waals surface area contributed by atoms with Crippen molar-refractivity contribution in [2.75, 3.05) is 6.54 Å². The summed E-state index contributed by atoms with van der Waals surface area (Å²) in [4.78, 5) is 4.44. The van der Waals surface area contributed by atoms with E-state index in [-0.39, 0.29) is 6.04 Å². The highest BCUT2D eigenvalue weighted by atomic mass is 32.1. The lowest BCUT2D eigenvalue weighted by atomic mass is 10.1. The summed E-state index contributed by atoms with van der Waals surface area (Å²) in [6, 6.07) is 0.201. The Balaban J connectivity index is 2.11. The molecule has 0 saturated carbocycles. The maximum Gasteiger partial charge on any atom is 0.110 e. The molecule has 2 aromatic heterocycles. The molecular formula is C12H19N5S. The highest BCUT2D eigenvalue weighted by molar-refractivity contribution is 7.03. The van der Waals surface area contributed by atoms with E-state index in [2.05, 4.69) is 38.3 Å². The van der Waals surface area contributed by atoms with E-state index in [0.29, 0.717) is 0 Å². The van der Waals surface area contributed by atoms with E-state index < -0.39 is 0 Å². The fourth-order valence-electron chi connectivity index (χ4n) is 2.01. The SMILES string of the molecule is CCCn1ccnc1CC(NCC)c1csnn1. The molecule has 0 saturated heterocycles. The van der Waals surface area contributed by atoms with Crippen molar-refractivity contribution < 1.29 is 0 Å². The lowest BCUT2D eigenvalue weighted by Crippen LogP contribution is -2.24. The summed E-state index contributed by atoms with van der Waals surface area (Å²) in [5, 5.41) is 9.60. The molecule has 18 heavy (non-hydrogen) atoms. The van der Waals surface area contributed by atoms with Crippen LogP contribution >= 0.6 is 11.5 Å². The van der Waals surface area contributed by atoms with Gasteiger partial charge in [0.05, 0.1) is 11.7 Å². The minimum Gasteiger partial charge on any atom is -0.335 e. The summed E-state index contributed by atoms with van der Waals surface area (Å²) in [7, 11) is 0. The quantitative estimate of drug-likeness (QED) is 0.832. The molecule has 0 aliphatic heterocycles. The van der Waals surface area contributed by atoms with Gasteiger partial charge < -0.3 is 9.88 Å². The third-order valence-electron chi connectivity index (χ3n) is 2.84. The van der Waals surface area contributed by atoms with Gasteiger partial charge in [-0.3, -0.25) is 0 Å². The zero-order valence-electron chi connectivity index (χ0n) is 10.8. The second-order valence-corrected chi connectivity index (χ2v) is 4.79. The second kappa shape index (κ2) is 6.61. The van der Waals surface area contributed by atoms with Crippen LogP contribution in [0.1, 0.15) is 37.8 Å². The Labute approximate surface area is 111 Å². The van der Waals surface area contributed by atoms with Crippen molar-refractivity contribution in [3.63, 3.8) is 0 Å². The zero-order valence-corrected chi connectivity index (χ0v) is 11.7. The number of imidazole rings is 1. The topological polar surface area (TPSA) is 55.6 Å². The summed E-state index contributed by atoms with van der Waals surface area (Å²) in [5.74, 6) is 1.11. The standard InChI is InChI=1S/C12H19N5S/c1-3-6-17-7-5-14-12(17)8-10(13-4-2)11-9-18-16-15-11/h5,7,9-10,13H,3-4,6,8H2,1-2H3. The molecule has 5 nitrogen and oxygen atoms in total. The Morgan fingerprint density at radius 1 is 1.44 bits per heavy atom. The van der Waals surface area contributed by atoms with Crippen LogP contribution in [0.5, 0.6) is 0 Å². The molecule has 6 heteroatoms. The average molecular weight is 265 g/mol. The summed E-state index contributed by atoms with van der Waals surface area (Å²) in [6.07, 6.45) is 5.88. The lowest BCUT2D eigenvalue weighted by molar-refractivity contribution is 0.505. The number of aryl methyl sites for hydroxylation is 1. The first-order chi connectivity index (χ1) is 8.85. The van der Waals surface area contributed by atoms with Crippen molar-refractivity contribution in [1.29, 1.82) is 0 Å². The molecule has 0 aromatic carbocycles. The summed E-state index contributed by atoms with van der Waals surface area (Å²) in [6.45, 7) is 6.21. The number of rotatable bonds is 7. The predicted molar refractivity (Wildman–Crippen MR) is 72.5 cm³/mol. The number of aromatic nitrogens is 4. The molecule has 0 fully saturated rings. The van der Waals surface area contributed by atoms with Crippen LogP contribution in [0.25, 0.3) is 0 Å². The molecule has 1 unspecified atom stereocenters. The molecule has 2 rings (SSSR count). The summed E-state index contributed by atoms with van der Waals surface area (Å²) in [5.41, 5.74) is 1.01. The first-order valence-electron chi connectivity index (χ1n) is 6.35. The summed E-state index contributed by atoms with van der Waals surface area (Å²) >= 11 is 1.39. The van der Waals surface area contributed by atoms with Crippen LogP contribution < -0.4 is 5.32 Å². The smallest absolute Gasteiger partial charge is 0.110 e. The van der Waals surface area contributed by atoms with Gasteiger partial charge in [0.15, 0.2) is 0 Å². The van der Waals surface area contributed by atoms with Crippen LogP contribution in [-0.4, -0.2) is 25.7 Å². The first-order valence-corrected chi connectivity index (χ1v) is 7.19. The average Bonchev–Trinajstić information content (AvgIpc) is 3.01. The molecule has 0 amide bonds. The van der Waals surface area contributed by atoms with E-state index in [1.165, 1.54) is 11.5 Å². The van der Waals surface area contributed by atoms with Crippen LogP contribution in [0.15, 0.2) is 17.8 Å². The molecule has 0 bridgehead atoms. The zero-order chi connectivity index (χ0) is 12.8. The van der Waals surface area contributed by atoms with Gasteiger partial charge in [-0.15, -0.1) is 5.10 Å². The molecule has 2 aromatic rings. The molecular weight excluding hydrogens is 246 g/mol. The minimum atomic E-state index is 0.201. The van der Waals surface area contributed by atoms with E-state index in [1.54, 1.807) is 0 Å². The van der Waals surface area contributed by atoms with Crippen LogP contribution in [0, 0.1) is 0 Å². The van der Waals surface area contributed by atoms with Crippen molar-refractivity contribution in [3.05, 3.63) is 29.3 Å². The van der Waals surface area contributed by atoms with Crippen molar-refractivity contribution in [1.82, 2.24) is 24.5 Å². The van der Waals surface area contributed by atoms with Gasteiger partial charge in [0, 0.05) is 30.7 Å². The van der Waals surface area contributed by atoms with Gasteiger partial charge in [0.25, 0.3) is 0 Å². The van der Waals surface area contributed by atoms with Crippen molar-refractivity contribution in [3.8, 4) is 0 Å². The normalized spacial score (nSPS) is 12.8. The molecule has 1 atom stereocenters. The van der Waals surface area contributed by atoms with Gasteiger partial charge in [-0.25, -0.2) is 4.98 Å². The number of hydrogen-bond acceptors (Lipinski definition) is 5. The highest BCUT2D eigenvalue weighted by Gasteiger charge is 2.16. The van der Waals surface area contributed by atoms with E-state index in [0.717, 1.165) is 37.4 Å². The highest BCUT2D eigenvalue weighted by Crippen LogP contribution is 2.16. The van der Waals surface area contributed by atoms with Crippen molar-refractivity contribution >= 4 is 11.5 Å². The lowest BCUT2D eigenvalue weighted by Gasteiger charge is -2.15. The van der Waals surface area contributed by atoms with E-state index >= 15 is 0 Å². The number of likely N-dealkylation sites (N-methyl/N-ethyl adjacent to an activating group) is 1. The molecule has 98 valence electrons. The number of hydrogen-bond donors (Lipinski definition) is 1. The predicted octanol–water partition coefficient (Wildman–Crippen LogP) is 2.04.